The first-order valence-corrected chi connectivity index (χ1v) is 3.63. The molecule has 0 spiro atoms. The minimum atomic E-state index is -4.33. The predicted octanol–water partition coefficient (Wildman–Crippen LogP) is 2.31. The molecule has 5 heteroatoms. The Balaban J connectivity index is 2.84. The van der Waals surface area contributed by atoms with Crippen molar-refractivity contribution in [2.45, 2.75) is 10.6 Å². The molecular formula is C6H5BrF3N. The van der Waals surface area contributed by atoms with Crippen LogP contribution in [0.3, 0.4) is 0 Å². The summed E-state index contributed by atoms with van der Waals surface area (Å²) < 4.78 is 34.3. The number of alkyl halides is 4. The summed E-state index contributed by atoms with van der Waals surface area (Å²) in [5.41, 5.74) is 0. The summed E-state index contributed by atoms with van der Waals surface area (Å²) in [4.78, 5) is 0. The molecule has 0 saturated heterocycles. The highest BCUT2D eigenvalue weighted by molar-refractivity contribution is 9.10. The highest BCUT2D eigenvalue weighted by Gasteiger charge is 2.51. The van der Waals surface area contributed by atoms with Crippen LogP contribution < -0.4 is 5.32 Å². The van der Waals surface area contributed by atoms with E-state index in [-0.39, 0.29) is 0 Å². The third kappa shape index (κ3) is 1.58. The van der Waals surface area contributed by atoms with E-state index in [1.165, 1.54) is 18.4 Å². The molecule has 0 amide bonds. The van der Waals surface area contributed by atoms with E-state index >= 15 is 0 Å². The second-order valence-electron chi connectivity index (χ2n) is 2.07. The molecule has 1 N–H and O–H groups in total. The second-order valence-corrected chi connectivity index (χ2v) is 3.32. The van der Waals surface area contributed by atoms with Gasteiger partial charge < -0.3 is 5.32 Å². The summed E-state index contributed by atoms with van der Waals surface area (Å²) in [7, 11) is 0. The Morgan fingerprint density at radius 2 is 1.91 bits per heavy atom. The van der Waals surface area contributed by atoms with Crippen LogP contribution in [0.15, 0.2) is 24.4 Å². The number of halogens is 4. The zero-order valence-electron chi connectivity index (χ0n) is 5.32. The van der Waals surface area contributed by atoms with Crippen molar-refractivity contribution in [1.29, 1.82) is 0 Å². The van der Waals surface area contributed by atoms with E-state index in [2.05, 4.69) is 21.2 Å². The quantitative estimate of drug-likeness (QED) is 0.495. The summed E-state index contributed by atoms with van der Waals surface area (Å²) in [6.07, 6.45) is 0.744. The van der Waals surface area contributed by atoms with E-state index in [4.69, 9.17) is 0 Å². The lowest BCUT2D eigenvalue weighted by atomic mass is 10.2. The lowest BCUT2D eigenvalue weighted by Gasteiger charge is -2.28. The second kappa shape index (κ2) is 2.55. The molecule has 0 aromatic carbocycles. The first-order chi connectivity index (χ1) is 4.96. The number of nitrogens with one attached hydrogen (secondary N) is 1. The van der Waals surface area contributed by atoms with Crippen molar-refractivity contribution < 1.29 is 13.2 Å². The van der Waals surface area contributed by atoms with Gasteiger partial charge in [0.1, 0.15) is 0 Å². The van der Waals surface area contributed by atoms with Crippen LogP contribution in [0.2, 0.25) is 0 Å². The summed E-state index contributed by atoms with van der Waals surface area (Å²) >= 11 is 2.54. The average Bonchev–Trinajstić information content (AvgIpc) is 1.87. The molecule has 0 fully saturated rings. The molecule has 0 aliphatic carbocycles. The Morgan fingerprint density at radius 1 is 1.27 bits per heavy atom. The topological polar surface area (TPSA) is 12.0 Å². The molecule has 1 aliphatic heterocycles. The van der Waals surface area contributed by atoms with Gasteiger partial charge in [0.15, 0.2) is 0 Å². The number of hydrogen-bond acceptors (Lipinski definition) is 1. The van der Waals surface area contributed by atoms with Crippen molar-refractivity contribution in [3.8, 4) is 0 Å². The van der Waals surface area contributed by atoms with Crippen LogP contribution in [-0.4, -0.2) is 10.6 Å². The molecule has 62 valence electrons. The highest BCUT2D eigenvalue weighted by Crippen LogP contribution is 2.37. The monoisotopic (exact) mass is 227 g/mol. The SMILES string of the molecule is FC(F)(F)C1(Br)C=CC=CN1. The van der Waals surface area contributed by atoms with Crippen LogP contribution in [0.1, 0.15) is 0 Å². The molecule has 1 heterocycles. The molecule has 0 bridgehead atoms. The standard InChI is InChI=1S/C6H5BrF3N/c7-5(6(8,9)10)3-1-2-4-11-5/h1-4,11H. The minimum absolute atomic E-state index is 1.01. The average molecular weight is 228 g/mol. The van der Waals surface area contributed by atoms with Crippen molar-refractivity contribution in [3.05, 3.63) is 24.4 Å². The van der Waals surface area contributed by atoms with E-state index < -0.39 is 10.6 Å². The predicted molar refractivity (Wildman–Crippen MR) is 39.1 cm³/mol. The van der Waals surface area contributed by atoms with Gasteiger partial charge in [-0.25, -0.2) is 0 Å². The third-order valence-corrected chi connectivity index (χ3v) is 2.18. The van der Waals surface area contributed by atoms with Gasteiger partial charge in [0.25, 0.3) is 0 Å². The normalized spacial score (nSPS) is 30.2. The van der Waals surface area contributed by atoms with Gasteiger partial charge >= 0.3 is 6.18 Å². The van der Waals surface area contributed by atoms with Crippen LogP contribution >= 0.6 is 15.9 Å². The van der Waals surface area contributed by atoms with Gasteiger partial charge in [0.2, 0.25) is 4.45 Å². The maximum absolute atomic E-state index is 12.1. The Morgan fingerprint density at radius 3 is 2.18 bits per heavy atom. The van der Waals surface area contributed by atoms with Gasteiger partial charge in [-0.05, 0) is 34.3 Å². The van der Waals surface area contributed by atoms with Crippen molar-refractivity contribution in [1.82, 2.24) is 5.32 Å². The van der Waals surface area contributed by atoms with Gasteiger partial charge in [-0.1, -0.05) is 6.08 Å². The molecule has 0 radical (unpaired) electrons. The van der Waals surface area contributed by atoms with E-state index in [0.29, 0.717) is 0 Å². The summed E-state index contributed by atoms with van der Waals surface area (Å²) in [5.74, 6) is 0. The highest BCUT2D eigenvalue weighted by atomic mass is 79.9. The van der Waals surface area contributed by atoms with E-state index in [1.54, 1.807) is 0 Å². The van der Waals surface area contributed by atoms with E-state index in [0.717, 1.165) is 6.08 Å². The molecule has 0 aromatic rings. The van der Waals surface area contributed by atoms with Crippen LogP contribution in [-0.2, 0) is 0 Å². The van der Waals surface area contributed by atoms with Crippen molar-refractivity contribution in [2.24, 2.45) is 0 Å². The van der Waals surface area contributed by atoms with Gasteiger partial charge in [-0.3, -0.25) is 0 Å². The molecule has 1 unspecified atom stereocenters. The lowest BCUT2D eigenvalue weighted by Crippen LogP contribution is -2.48. The first-order valence-electron chi connectivity index (χ1n) is 2.83. The largest absolute Gasteiger partial charge is 0.425 e. The number of dihydropyridines is 1. The Labute approximate surface area is 70.1 Å². The molecule has 0 saturated carbocycles. The van der Waals surface area contributed by atoms with Crippen molar-refractivity contribution >= 4 is 15.9 Å². The molecule has 1 aliphatic rings. The summed E-state index contributed by atoms with van der Waals surface area (Å²) in [6, 6.07) is 0. The number of rotatable bonds is 0. The smallest absolute Gasteiger partial charge is 0.366 e. The van der Waals surface area contributed by atoms with Gasteiger partial charge in [0.05, 0.1) is 0 Å². The fraction of sp³-hybridized carbons (Fsp3) is 0.333. The summed E-state index contributed by atoms with van der Waals surface area (Å²) in [6.45, 7) is 0. The number of allylic oxidation sites excluding steroid dienone is 2. The van der Waals surface area contributed by atoms with E-state index in [9.17, 15) is 13.2 Å². The Bertz CT molecular complexity index is 208. The van der Waals surface area contributed by atoms with Crippen LogP contribution in [0.5, 0.6) is 0 Å². The summed E-state index contributed by atoms with van der Waals surface area (Å²) in [5, 5.41) is 2.16. The van der Waals surface area contributed by atoms with Crippen LogP contribution in [0.25, 0.3) is 0 Å². The van der Waals surface area contributed by atoms with E-state index in [1.807, 2.05) is 0 Å². The molecule has 1 nitrogen and oxygen atoms in total. The van der Waals surface area contributed by atoms with Crippen LogP contribution in [0, 0.1) is 0 Å². The van der Waals surface area contributed by atoms with Gasteiger partial charge in [-0.2, -0.15) is 13.2 Å². The van der Waals surface area contributed by atoms with Crippen molar-refractivity contribution in [3.63, 3.8) is 0 Å². The molecule has 0 aromatic heterocycles. The zero-order chi connectivity index (χ0) is 8.54. The minimum Gasteiger partial charge on any atom is -0.366 e. The van der Waals surface area contributed by atoms with Gasteiger partial charge in [0, 0.05) is 0 Å². The molecular weight excluding hydrogens is 223 g/mol. The molecule has 11 heavy (non-hydrogen) atoms. The fourth-order valence-electron chi connectivity index (χ4n) is 0.638. The maximum Gasteiger partial charge on any atom is 0.425 e. The fourth-order valence-corrected chi connectivity index (χ4v) is 0.922. The Hall–Kier alpha value is -0.450. The van der Waals surface area contributed by atoms with Gasteiger partial charge in [-0.15, -0.1) is 0 Å². The first kappa shape index (κ1) is 8.64. The molecule has 1 atom stereocenters. The Kier molecular flexibility index (Phi) is 2.00. The third-order valence-electron chi connectivity index (χ3n) is 1.24. The number of hydrogen-bond donors (Lipinski definition) is 1. The van der Waals surface area contributed by atoms with Crippen molar-refractivity contribution in [2.75, 3.05) is 0 Å². The van der Waals surface area contributed by atoms with Crippen LogP contribution in [0.4, 0.5) is 13.2 Å². The molecule has 1 rings (SSSR count). The zero-order valence-corrected chi connectivity index (χ0v) is 6.91. The maximum atomic E-state index is 12.1. The lowest BCUT2D eigenvalue weighted by molar-refractivity contribution is -0.150.